The molecule has 1 aliphatic rings. The predicted octanol–water partition coefficient (Wildman–Crippen LogP) is 6.53. The number of anilines is 2. The molecule has 47 heavy (non-hydrogen) atoms. The van der Waals surface area contributed by atoms with Crippen LogP contribution in [0.2, 0.25) is 0 Å². The number of carboxylic acid groups (broad SMARTS) is 1. The first-order valence-electron chi connectivity index (χ1n) is 16.3. The number of piperidine rings is 1. The number of aliphatic carboxylic acids is 1. The fraction of sp³-hybridized carbons (Fsp3) is 0.263. The Morgan fingerprint density at radius 2 is 1.68 bits per heavy atom. The van der Waals surface area contributed by atoms with E-state index in [1.165, 1.54) is 4.57 Å². The van der Waals surface area contributed by atoms with E-state index in [4.69, 9.17) is 0 Å². The number of fused-ring (bicyclic) bond motifs is 2. The molecule has 9 nitrogen and oxygen atoms in total. The molecule has 1 unspecified atom stereocenters. The lowest BCUT2D eigenvalue weighted by Gasteiger charge is -2.34. The molecule has 0 spiro atoms. The second-order valence-corrected chi connectivity index (χ2v) is 12.4. The predicted molar refractivity (Wildman–Crippen MR) is 187 cm³/mol. The van der Waals surface area contributed by atoms with E-state index in [-0.39, 0.29) is 12.6 Å². The minimum Gasteiger partial charge on any atom is -0.481 e. The van der Waals surface area contributed by atoms with E-state index >= 15 is 0 Å². The van der Waals surface area contributed by atoms with E-state index in [9.17, 15) is 14.7 Å². The van der Waals surface area contributed by atoms with Crippen LogP contribution in [-0.2, 0) is 24.2 Å². The zero-order valence-corrected chi connectivity index (χ0v) is 26.4. The number of hydrogen-bond acceptors (Lipinski definition) is 6. The van der Waals surface area contributed by atoms with Gasteiger partial charge in [0.15, 0.2) is 0 Å². The molecule has 4 aromatic carbocycles. The largest absolute Gasteiger partial charge is 0.481 e. The van der Waals surface area contributed by atoms with Crippen molar-refractivity contribution in [2.75, 3.05) is 23.3 Å². The fourth-order valence-corrected chi connectivity index (χ4v) is 6.70. The van der Waals surface area contributed by atoms with E-state index in [2.05, 4.69) is 44.2 Å². The Labute approximate surface area is 272 Å². The standard InChI is InChI=1S/C38H38N6O3/c1-2-26-9-5-6-12-31(26)32-24-44(23-29(36(45)46)22-25-15-16-27-10-3-4-11-28(27)21-25)38(47)42-35(32)43-19-17-30(18-20-43)39-37-40-33-13-7-8-14-34(33)41-37/h3-16,21,24,29-30H,2,17-20,22-23H2,1H3,(H,45,46)(H2,39,40,41). The van der Waals surface area contributed by atoms with Gasteiger partial charge in [-0.15, -0.1) is 0 Å². The molecule has 0 aliphatic carbocycles. The lowest BCUT2D eigenvalue weighted by Crippen LogP contribution is -2.41. The van der Waals surface area contributed by atoms with Gasteiger partial charge in [0, 0.05) is 37.4 Å². The number of H-pyrrole nitrogens is 1. The summed E-state index contributed by atoms with van der Waals surface area (Å²) in [6.07, 6.45) is 4.65. The number of hydrogen-bond donors (Lipinski definition) is 3. The van der Waals surface area contributed by atoms with Gasteiger partial charge in [-0.25, -0.2) is 9.78 Å². The number of carbonyl (C=O) groups is 1. The third-order valence-corrected chi connectivity index (χ3v) is 9.25. The highest BCUT2D eigenvalue weighted by molar-refractivity contribution is 5.83. The van der Waals surface area contributed by atoms with Crippen LogP contribution >= 0.6 is 0 Å². The lowest BCUT2D eigenvalue weighted by molar-refractivity contribution is -0.142. The number of para-hydroxylation sites is 2. The fourth-order valence-electron chi connectivity index (χ4n) is 6.70. The van der Waals surface area contributed by atoms with Crippen molar-refractivity contribution in [3.63, 3.8) is 0 Å². The van der Waals surface area contributed by atoms with Crippen LogP contribution in [0.4, 0.5) is 11.8 Å². The number of aromatic nitrogens is 4. The maximum Gasteiger partial charge on any atom is 0.349 e. The van der Waals surface area contributed by atoms with Crippen LogP contribution < -0.4 is 15.9 Å². The van der Waals surface area contributed by atoms with E-state index in [0.717, 1.165) is 82.4 Å². The van der Waals surface area contributed by atoms with Gasteiger partial charge in [-0.3, -0.25) is 9.36 Å². The van der Waals surface area contributed by atoms with Crippen molar-refractivity contribution in [2.45, 2.75) is 45.2 Å². The van der Waals surface area contributed by atoms with Gasteiger partial charge in [0.2, 0.25) is 5.95 Å². The first-order valence-corrected chi connectivity index (χ1v) is 16.3. The Balaban J connectivity index is 1.15. The summed E-state index contributed by atoms with van der Waals surface area (Å²) in [5, 5.41) is 16.0. The Kier molecular flexibility index (Phi) is 8.44. The highest BCUT2D eigenvalue weighted by Crippen LogP contribution is 2.33. The average molecular weight is 627 g/mol. The van der Waals surface area contributed by atoms with E-state index in [1.54, 1.807) is 0 Å². The Morgan fingerprint density at radius 3 is 2.47 bits per heavy atom. The molecule has 0 amide bonds. The normalized spacial score (nSPS) is 14.4. The highest BCUT2D eigenvalue weighted by atomic mass is 16.4. The van der Waals surface area contributed by atoms with Gasteiger partial charge in [0.25, 0.3) is 0 Å². The van der Waals surface area contributed by atoms with Crippen molar-refractivity contribution in [1.82, 2.24) is 19.5 Å². The van der Waals surface area contributed by atoms with Gasteiger partial charge in [-0.05, 0) is 65.3 Å². The highest BCUT2D eigenvalue weighted by Gasteiger charge is 2.26. The quantitative estimate of drug-likeness (QED) is 0.158. The van der Waals surface area contributed by atoms with Crippen molar-refractivity contribution < 1.29 is 9.90 Å². The molecule has 3 N–H and O–H groups in total. The molecule has 0 bridgehead atoms. The van der Waals surface area contributed by atoms with Crippen LogP contribution in [0.3, 0.4) is 0 Å². The zero-order valence-electron chi connectivity index (χ0n) is 26.4. The molecule has 9 heteroatoms. The number of imidazole rings is 1. The molecule has 1 atom stereocenters. The van der Waals surface area contributed by atoms with Gasteiger partial charge in [-0.2, -0.15) is 4.98 Å². The van der Waals surface area contributed by atoms with Crippen LogP contribution in [-0.4, -0.2) is 49.7 Å². The summed E-state index contributed by atoms with van der Waals surface area (Å²) in [7, 11) is 0. The number of aryl methyl sites for hydroxylation is 1. The zero-order chi connectivity index (χ0) is 32.3. The molecule has 0 saturated carbocycles. The third kappa shape index (κ3) is 6.47. The number of rotatable bonds is 10. The van der Waals surface area contributed by atoms with Gasteiger partial charge >= 0.3 is 11.7 Å². The molecule has 7 rings (SSSR count). The maximum atomic E-state index is 13.6. The number of nitrogens with one attached hydrogen (secondary N) is 2. The maximum absolute atomic E-state index is 13.6. The summed E-state index contributed by atoms with van der Waals surface area (Å²) >= 11 is 0. The molecule has 1 fully saturated rings. The molecule has 238 valence electrons. The molecule has 3 heterocycles. The smallest absolute Gasteiger partial charge is 0.349 e. The Hall–Kier alpha value is -5.44. The average Bonchev–Trinajstić information content (AvgIpc) is 3.51. The SMILES string of the molecule is CCc1ccccc1-c1cn(CC(Cc2ccc3ccccc3c2)C(=O)O)c(=O)nc1N1CCC(Nc2nc3ccccc3[nH]2)CC1. The Morgan fingerprint density at radius 1 is 0.936 bits per heavy atom. The Bertz CT molecular complexity index is 2080. The van der Waals surface area contributed by atoms with Gasteiger partial charge in [0.05, 0.1) is 17.0 Å². The van der Waals surface area contributed by atoms with Crippen LogP contribution in [0, 0.1) is 5.92 Å². The molecule has 6 aromatic rings. The molecule has 1 aliphatic heterocycles. The first-order chi connectivity index (χ1) is 22.9. The minimum absolute atomic E-state index is 0.0268. The molecule has 2 aromatic heterocycles. The summed E-state index contributed by atoms with van der Waals surface area (Å²) in [6, 6.07) is 30.4. The second-order valence-electron chi connectivity index (χ2n) is 12.4. The number of carboxylic acids is 1. The molecule has 0 radical (unpaired) electrons. The topological polar surface area (TPSA) is 116 Å². The second kappa shape index (κ2) is 13.1. The van der Waals surface area contributed by atoms with Crippen LogP contribution in [0.1, 0.15) is 30.9 Å². The van der Waals surface area contributed by atoms with Gasteiger partial charge < -0.3 is 20.3 Å². The van der Waals surface area contributed by atoms with Crippen LogP contribution in [0.5, 0.6) is 0 Å². The van der Waals surface area contributed by atoms with Gasteiger partial charge in [-0.1, -0.05) is 85.8 Å². The van der Waals surface area contributed by atoms with Crippen molar-refractivity contribution in [3.8, 4) is 11.1 Å². The third-order valence-electron chi connectivity index (χ3n) is 9.25. The van der Waals surface area contributed by atoms with Crippen molar-refractivity contribution in [1.29, 1.82) is 0 Å². The monoisotopic (exact) mass is 626 g/mol. The summed E-state index contributed by atoms with van der Waals surface area (Å²) in [4.78, 5) is 41.0. The minimum atomic E-state index is -0.941. The van der Waals surface area contributed by atoms with E-state index in [0.29, 0.717) is 12.2 Å². The van der Waals surface area contributed by atoms with E-state index < -0.39 is 17.6 Å². The van der Waals surface area contributed by atoms with Crippen molar-refractivity contribution >= 4 is 39.5 Å². The summed E-state index contributed by atoms with van der Waals surface area (Å²) in [6.45, 7) is 3.57. The van der Waals surface area contributed by atoms with E-state index in [1.807, 2.05) is 85.1 Å². The first kappa shape index (κ1) is 30.2. The van der Waals surface area contributed by atoms with Crippen molar-refractivity contribution in [3.05, 3.63) is 119 Å². The molecular formula is C38H38N6O3. The number of nitrogens with zero attached hydrogens (tertiary/aromatic N) is 4. The van der Waals surface area contributed by atoms with Gasteiger partial charge in [0.1, 0.15) is 5.82 Å². The van der Waals surface area contributed by atoms with Crippen LogP contribution in [0.15, 0.2) is 102 Å². The summed E-state index contributed by atoms with van der Waals surface area (Å²) in [5.74, 6) is -0.324. The molecular weight excluding hydrogens is 588 g/mol. The summed E-state index contributed by atoms with van der Waals surface area (Å²) in [5.41, 5.74) is 5.41. The summed E-state index contributed by atoms with van der Waals surface area (Å²) < 4.78 is 1.49. The molecule has 1 saturated heterocycles. The number of aromatic amines is 1. The number of benzene rings is 4. The van der Waals surface area contributed by atoms with Crippen molar-refractivity contribution in [2.24, 2.45) is 5.92 Å². The lowest BCUT2D eigenvalue weighted by atomic mass is 9.96. The van der Waals surface area contributed by atoms with Crippen LogP contribution in [0.25, 0.3) is 32.9 Å².